The van der Waals surface area contributed by atoms with E-state index in [1.165, 1.54) is 4.88 Å². The van der Waals surface area contributed by atoms with Crippen LogP contribution in [0.15, 0.2) is 0 Å². The Labute approximate surface area is 134 Å². The topological polar surface area (TPSA) is 65.5 Å². The molecule has 22 heavy (non-hydrogen) atoms. The third kappa shape index (κ3) is 2.95. The lowest BCUT2D eigenvalue weighted by Gasteiger charge is -2.33. The third-order valence-corrected chi connectivity index (χ3v) is 5.72. The lowest BCUT2D eigenvalue weighted by atomic mass is 9.90. The van der Waals surface area contributed by atoms with Crippen molar-refractivity contribution in [3.05, 3.63) is 10.6 Å². The Balaban J connectivity index is 1.67. The van der Waals surface area contributed by atoms with Crippen LogP contribution >= 0.6 is 11.3 Å². The van der Waals surface area contributed by atoms with Crippen LogP contribution in [0.3, 0.4) is 0 Å². The van der Waals surface area contributed by atoms with E-state index >= 15 is 0 Å². The molecule has 1 N–H and O–H groups in total. The van der Waals surface area contributed by atoms with Crippen molar-refractivity contribution in [2.75, 3.05) is 38.1 Å². The van der Waals surface area contributed by atoms with Crippen LogP contribution in [0.2, 0.25) is 0 Å². The number of carbonyl (C=O) groups excluding carboxylic acids is 2. The van der Waals surface area contributed by atoms with Crippen LogP contribution in [-0.2, 0) is 22.4 Å². The van der Waals surface area contributed by atoms with E-state index in [-0.39, 0.29) is 17.7 Å². The molecule has 0 spiro atoms. The van der Waals surface area contributed by atoms with Crippen LogP contribution in [0, 0.1) is 5.92 Å². The number of fused-ring (bicyclic) bond motifs is 1. The fourth-order valence-electron chi connectivity index (χ4n) is 3.14. The number of nitrogens with zero attached hydrogens (tertiary/aromatic N) is 3. The number of hydrogen-bond acceptors (Lipinski definition) is 5. The maximum atomic E-state index is 11.8. The highest BCUT2D eigenvalue weighted by Gasteiger charge is 2.28. The summed E-state index contributed by atoms with van der Waals surface area (Å²) in [5.74, 6) is 0.363. The summed E-state index contributed by atoms with van der Waals surface area (Å²) in [6.45, 7) is 4.83. The summed E-state index contributed by atoms with van der Waals surface area (Å²) < 4.78 is 0. The number of anilines is 1. The third-order valence-electron chi connectivity index (χ3n) is 4.54. The summed E-state index contributed by atoms with van der Waals surface area (Å²) in [5.41, 5.74) is 1.16. The fourth-order valence-corrected chi connectivity index (χ4v) is 4.38. The van der Waals surface area contributed by atoms with Gasteiger partial charge in [-0.25, -0.2) is 4.98 Å². The minimum absolute atomic E-state index is 0.0837. The zero-order chi connectivity index (χ0) is 15.7. The number of aromatic nitrogens is 1. The smallest absolute Gasteiger partial charge is 0.223 e. The molecule has 0 saturated carbocycles. The van der Waals surface area contributed by atoms with E-state index in [0.29, 0.717) is 0 Å². The first-order chi connectivity index (χ1) is 10.6. The van der Waals surface area contributed by atoms with Crippen LogP contribution in [0.25, 0.3) is 0 Å². The van der Waals surface area contributed by atoms with Gasteiger partial charge in [-0.3, -0.25) is 9.59 Å². The van der Waals surface area contributed by atoms with Gasteiger partial charge in [0.05, 0.1) is 5.69 Å². The molecule has 1 fully saturated rings. The van der Waals surface area contributed by atoms with Crippen molar-refractivity contribution in [3.8, 4) is 0 Å². The van der Waals surface area contributed by atoms with Gasteiger partial charge in [0, 0.05) is 50.9 Å². The lowest BCUT2D eigenvalue weighted by molar-refractivity contribution is -0.129. The van der Waals surface area contributed by atoms with Gasteiger partial charge in [-0.2, -0.15) is 0 Å². The number of rotatable bonds is 2. The Morgan fingerprint density at radius 3 is 2.64 bits per heavy atom. The normalized spacial score (nSPS) is 21.5. The van der Waals surface area contributed by atoms with Gasteiger partial charge in [-0.1, -0.05) is 0 Å². The molecule has 1 aliphatic carbocycles. The molecule has 1 aromatic heterocycles. The lowest BCUT2D eigenvalue weighted by Crippen LogP contribution is -2.48. The van der Waals surface area contributed by atoms with Crippen molar-refractivity contribution in [1.29, 1.82) is 0 Å². The molecule has 0 unspecified atom stereocenters. The number of carbonyl (C=O) groups is 2. The number of hydrogen-bond donors (Lipinski definition) is 1. The van der Waals surface area contributed by atoms with Gasteiger partial charge in [0.1, 0.15) is 0 Å². The fraction of sp³-hybridized carbons (Fsp3) is 0.667. The first kappa shape index (κ1) is 15.3. The maximum Gasteiger partial charge on any atom is 0.223 e. The molecule has 3 rings (SSSR count). The molecule has 1 aliphatic heterocycles. The molecular formula is C15H22N4O2S. The SMILES string of the molecule is CNC(=O)[C@H]1CCc2nc(N3CCN(C(C)=O)CC3)sc2C1. The second kappa shape index (κ2) is 6.24. The summed E-state index contributed by atoms with van der Waals surface area (Å²) in [6.07, 6.45) is 2.57. The van der Waals surface area contributed by atoms with E-state index in [4.69, 9.17) is 4.98 Å². The second-order valence-corrected chi connectivity index (χ2v) is 6.98. The summed E-state index contributed by atoms with van der Waals surface area (Å²) in [5, 5.41) is 3.80. The molecule has 6 nitrogen and oxygen atoms in total. The zero-order valence-electron chi connectivity index (χ0n) is 13.1. The molecule has 120 valence electrons. The second-order valence-electron chi connectivity index (χ2n) is 5.91. The molecule has 2 amide bonds. The summed E-state index contributed by atoms with van der Waals surface area (Å²) in [4.78, 5) is 33.4. The number of thiazole rings is 1. The summed E-state index contributed by atoms with van der Waals surface area (Å²) in [6, 6.07) is 0. The minimum Gasteiger partial charge on any atom is -0.359 e. The number of aryl methyl sites for hydroxylation is 1. The highest BCUT2D eigenvalue weighted by Crippen LogP contribution is 2.34. The van der Waals surface area contributed by atoms with E-state index in [9.17, 15) is 9.59 Å². The van der Waals surface area contributed by atoms with Crippen LogP contribution in [0.5, 0.6) is 0 Å². The maximum absolute atomic E-state index is 11.8. The Kier molecular flexibility index (Phi) is 4.33. The van der Waals surface area contributed by atoms with E-state index in [2.05, 4.69) is 10.2 Å². The number of piperazine rings is 1. The van der Waals surface area contributed by atoms with E-state index in [1.54, 1.807) is 25.3 Å². The van der Waals surface area contributed by atoms with Crippen molar-refractivity contribution in [2.45, 2.75) is 26.2 Å². The molecule has 0 radical (unpaired) electrons. The van der Waals surface area contributed by atoms with Crippen molar-refractivity contribution >= 4 is 28.3 Å². The molecule has 1 saturated heterocycles. The molecule has 0 bridgehead atoms. The average molecular weight is 322 g/mol. The summed E-state index contributed by atoms with van der Waals surface area (Å²) in [7, 11) is 1.70. The van der Waals surface area contributed by atoms with E-state index in [0.717, 1.165) is 56.3 Å². The predicted molar refractivity (Wildman–Crippen MR) is 86.2 cm³/mol. The van der Waals surface area contributed by atoms with Gasteiger partial charge in [0.25, 0.3) is 0 Å². The largest absolute Gasteiger partial charge is 0.359 e. The van der Waals surface area contributed by atoms with Crippen LogP contribution < -0.4 is 10.2 Å². The van der Waals surface area contributed by atoms with Crippen molar-refractivity contribution in [1.82, 2.24) is 15.2 Å². The Morgan fingerprint density at radius 1 is 1.27 bits per heavy atom. The van der Waals surface area contributed by atoms with Gasteiger partial charge in [0.15, 0.2) is 5.13 Å². The van der Waals surface area contributed by atoms with Crippen LogP contribution in [0.4, 0.5) is 5.13 Å². The Hall–Kier alpha value is -1.63. The van der Waals surface area contributed by atoms with E-state index < -0.39 is 0 Å². The molecule has 2 aliphatic rings. The predicted octanol–water partition coefficient (Wildman–Crippen LogP) is 0.662. The molecule has 7 heteroatoms. The highest BCUT2D eigenvalue weighted by molar-refractivity contribution is 7.15. The standard InChI is InChI=1S/C15H22N4O2S/c1-10(20)18-5-7-19(8-6-18)15-17-12-4-3-11(14(21)16-2)9-13(12)22-15/h11H,3-9H2,1-2H3,(H,16,21)/t11-/m0/s1. The van der Waals surface area contributed by atoms with Crippen molar-refractivity contribution in [3.63, 3.8) is 0 Å². The average Bonchev–Trinajstić information content (AvgIpc) is 2.97. The highest BCUT2D eigenvalue weighted by atomic mass is 32.1. The number of nitrogens with one attached hydrogen (secondary N) is 1. The van der Waals surface area contributed by atoms with E-state index in [1.807, 2.05) is 4.90 Å². The Bertz CT molecular complexity index is 578. The monoisotopic (exact) mass is 322 g/mol. The molecular weight excluding hydrogens is 300 g/mol. The van der Waals surface area contributed by atoms with Gasteiger partial charge < -0.3 is 15.1 Å². The van der Waals surface area contributed by atoms with Gasteiger partial charge in [-0.15, -0.1) is 11.3 Å². The van der Waals surface area contributed by atoms with Crippen LogP contribution in [-0.4, -0.2) is 54.9 Å². The quantitative estimate of drug-likeness (QED) is 0.869. The zero-order valence-corrected chi connectivity index (χ0v) is 13.9. The van der Waals surface area contributed by atoms with Crippen molar-refractivity contribution in [2.24, 2.45) is 5.92 Å². The Morgan fingerprint density at radius 2 is 2.00 bits per heavy atom. The van der Waals surface area contributed by atoms with Crippen LogP contribution in [0.1, 0.15) is 23.9 Å². The first-order valence-corrected chi connectivity index (χ1v) is 8.60. The van der Waals surface area contributed by atoms with Gasteiger partial charge in [0.2, 0.25) is 11.8 Å². The molecule has 0 aromatic carbocycles. The number of amides is 2. The molecule has 2 heterocycles. The molecule has 1 aromatic rings. The molecule has 1 atom stereocenters. The van der Waals surface area contributed by atoms with Crippen molar-refractivity contribution < 1.29 is 9.59 Å². The minimum atomic E-state index is 0.0837. The van der Waals surface area contributed by atoms with Gasteiger partial charge >= 0.3 is 0 Å². The van der Waals surface area contributed by atoms with Gasteiger partial charge in [-0.05, 0) is 19.3 Å². The first-order valence-electron chi connectivity index (χ1n) is 7.79. The summed E-state index contributed by atoms with van der Waals surface area (Å²) >= 11 is 1.71.